The molecule has 1 fully saturated rings. The fourth-order valence-electron chi connectivity index (χ4n) is 3.02. The van der Waals surface area contributed by atoms with Crippen molar-refractivity contribution in [3.8, 4) is 5.75 Å². The summed E-state index contributed by atoms with van der Waals surface area (Å²) < 4.78 is 18.6. The van der Waals surface area contributed by atoms with E-state index in [1.807, 2.05) is 16.3 Å². The fourth-order valence-corrected chi connectivity index (χ4v) is 3.72. The lowest BCUT2D eigenvalue weighted by atomic mass is 9.98. The molecule has 1 unspecified atom stereocenters. The molecule has 1 atom stereocenters. The average molecular weight is 347 g/mol. The van der Waals surface area contributed by atoms with Crippen LogP contribution in [0.15, 0.2) is 41.8 Å². The minimum atomic E-state index is -0.262. The zero-order chi connectivity index (χ0) is 16.8. The number of ether oxygens (including phenoxy) is 1. The molecule has 5 heteroatoms. The van der Waals surface area contributed by atoms with E-state index in [1.165, 1.54) is 17.0 Å². The highest BCUT2D eigenvalue weighted by molar-refractivity contribution is 7.09. The molecule has 1 aliphatic rings. The average Bonchev–Trinajstić information content (AvgIpc) is 3.13. The molecular formula is C19H22FNO2S. The molecule has 0 radical (unpaired) electrons. The molecule has 1 aromatic carbocycles. The third-order valence-electron chi connectivity index (χ3n) is 4.34. The molecule has 0 saturated carbocycles. The highest BCUT2D eigenvalue weighted by Crippen LogP contribution is 2.20. The second-order valence-electron chi connectivity index (χ2n) is 6.19. The number of nitrogens with zero attached hydrogens (tertiary/aromatic N) is 1. The van der Waals surface area contributed by atoms with E-state index in [1.54, 1.807) is 23.5 Å². The second kappa shape index (κ2) is 8.29. The van der Waals surface area contributed by atoms with Gasteiger partial charge in [-0.3, -0.25) is 4.79 Å². The third kappa shape index (κ3) is 4.81. The van der Waals surface area contributed by atoms with Gasteiger partial charge in [0.1, 0.15) is 11.6 Å². The summed E-state index contributed by atoms with van der Waals surface area (Å²) in [4.78, 5) is 15.6. The van der Waals surface area contributed by atoms with Gasteiger partial charge in [-0.05, 0) is 55.0 Å². The smallest absolute Gasteiger partial charge is 0.222 e. The lowest BCUT2D eigenvalue weighted by Crippen LogP contribution is -2.41. The van der Waals surface area contributed by atoms with Gasteiger partial charge < -0.3 is 9.64 Å². The number of hydrogen-bond acceptors (Lipinski definition) is 3. The standard InChI is InChI=1S/C19H22FNO2S/c20-16-5-7-17(8-6-16)23-14-15-3-1-11-21(13-15)19(22)10-9-18-4-2-12-24-18/h2,4-8,12,15H,1,3,9-11,13-14H2. The van der Waals surface area contributed by atoms with Gasteiger partial charge in [0.15, 0.2) is 0 Å². The minimum absolute atomic E-state index is 0.231. The SMILES string of the molecule is O=C(CCc1cccs1)N1CCCC(COc2ccc(F)cc2)C1. The van der Waals surface area contributed by atoms with Crippen LogP contribution in [0, 0.1) is 11.7 Å². The number of rotatable bonds is 6. The molecule has 1 aliphatic heterocycles. The van der Waals surface area contributed by atoms with Crippen molar-refractivity contribution in [1.29, 1.82) is 0 Å². The van der Waals surface area contributed by atoms with Crippen LogP contribution in [-0.2, 0) is 11.2 Å². The number of halogens is 1. The van der Waals surface area contributed by atoms with E-state index in [9.17, 15) is 9.18 Å². The molecule has 0 bridgehead atoms. The number of hydrogen-bond donors (Lipinski definition) is 0. The Bertz CT molecular complexity index is 642. The first-order chi connectivity index (χ1) is 11.7. The maximum atomic E-state index is 12.9. The van der Waals surface area contributed by atoms with E-state index in [4.69, 9.17) is 4.74 Å². The van der Waals surface area contributed by atoms with Crippen molar-refractivity contribution < 1.29 is 13.9 Å². The molecule has 0 aliphatic carbocycles. The van der Waals surface area contributed by atoms with Gasteiger partial charge in [-0.2, -0.15) is 0 Å². The van der Waals surface area contributed by atoms with Crippen molar-refractivity contribution in [2.24, 2.45) is 5.92 Å². The number of carbonyl (C=O) groups is 1. The Morgan fingerprint density at radius 3 is 2.88 bits per heavy atom. The van der Waals surface area contributed by atoms with Crippen LogP contribution >= 0.6 is 11.3 Å². The molecule has 0 spiro atoms. The normalized spacial score (nSPS) is 17.7. The number of thiophene rings is 1. The monoisotopic (exact) mass is 347 g/mol. The Kier molecular flexibility index (Phi) is 5.86. The van der Waals surface area contributed by atoms with E-state index in [-0.39, 0.29) is 11.7 Å². The second-order valence-corrected chi connectivity index (χ2v) is 7.22. The van der Waals surface area contributed by atoms with Crippen LogP contribution in [0.5, 0.6) is 5.75 Å². The van der Waals surface area contributed by atoms with Crippen LogP contribution < -0.4 is 4.74 Å². The van der Waals surface area contributed by atoms with Crippen LogP contribution in [0.1, 0.15) is 24.1 Å². The molecule has 1 saturated heterocycles. The van der Waals surface area contributed by atoms with E-state index in [0.29, 0.717) is 24.7 Å². The molecule has 1 aromatic heterocycles. The highest BCUT2D eigenvalue weighted by Gasteiger charge is 2.24. The summed E-state index contributed by atoms with van der Waals surface area (Å²) in [6.07, 6.45) is 3.48. The molecule has 2 heterocycles. The lowest BCUT2D eigenvalue weighted by molar-refractivity contribution is -0.133. The summed E-state index contributed by atoms with van der Waals surface area (Å²) in [5.41, 5.74) is 0. The largest absolute Gasteiger partial charge is 0.493 e. The number of carbonyl (C=O) groups excluding carboxylic acids is 1. The lowest BCUT2D eigenvalue weighted by Gasteiger charge is -2.32. The van der Waals surface area contributed by atoms with Gasteiger partial charge in [-0.1, -0.05) is 6.07 Å². The van der Waals surface area contributed by atoms with E-state index in [2.05, 4.69) is 6.07 Å². The minimum Gasteiger partial charge on any atom is -0.493 e. The number of amides is 1. The Hall–Kier alpha value is -1.88. The van der Waals surface area contributed by atoms with Gasteiger partial charge in [-0.15, -0.1) is 11.3 Å². The van der Waals surface area contributed by atoms with Crippen LogP contribution in [0.4, 0.5) is 4.39 Å². The van der Waals surface area contributed by atoms with Crippen molar-refractivity contribution in [1.82, 2.24) is 4.90 Å². The van der Waals surface area contributed by atoms with Crippen molar-refractivity contribution >= 4 is 17.2 Å². The maximum absolute atomic E-state index is 12.9. The van der Waals surface area contributed by atoms with Crippen LogP contribution in [0.2, 0.25) is 0 Å². The Morgan fingerprint density at radius 2 is 2.12 bits per heavy atom. The Balaban J connectivity index is 1.45. The molecule has 1 amide bonds. The van der Waals surface area contributed by atoms with Gasteiger partial charge in [0.25, 0.3) is 0 Å². The van der Waals surface area contributed by atoms with Crippen molar-refractivity contribution in [3.63, 3.8) is 0 Å². The topological polar surface area (TPSA) is 29.5 Å². The number of piperidine rings is 1. The van der Waals surface area contributed by atoms with Gasteiger partial charge in [0.05, 0.1) is 6.61 Å². The van der Waals surface area contributed by atoms with Gasteiger partial charge in [-0.25, -0.2) is 4.39 Å². The molecule has 3 nitrogen and oxygen atoms in total. The van der Waals surface area contributed by atoms with E-state index < -0.39 is 0 Å². The summed E-state index contributed by atoms with van der Waals surface area (Å²) in [6.45, 7) is 2.17. The first-order valence-electron chi connectivity index (χ1n) is 8.39. The van der Waals surface area contributed by atoms with Crippen molar-refractivity contribution in [3.05, 3.63) is 52.5 Å². The Morgan fingerprint density at radius 1 is 1.29 bits per heavy atom. The first-order valence-corrected chi connectivity index (χ1v) is 9.27. The molecular weight excluding hydrogens is 325 g/mol. The van der Waals surface area contributed by atoms with Gasteiger partial charge >= 0.3 is 0 Å². The van der Waals surface area contributed by atoms with Crippen LogP contribution in [0.3, 0.4) is 0 Å². The quantitative estimate of drug-likeness (QED) is 0.786. The van der Waals surface area contributed by atoms with E-state index >= 15 is 0 Å². The molecule has 3 rings (SSSR count). The molecule has 24 heavy (non-hydrogen) atoms. The number of likely N-dealkylation sites (tertiary alicyclic amines) is 1. The zero-order valence-corrected chi connectivity index (χ0v) is 14.4. The molecule has 2 aromatic rings. The fraction of sp³-hybridized carbons (Fsp3) is 0.421. The predicted octanol–water partition coefficient (Wildman–Crippen LogP) is 4.14. The first kappa shape index (κ1) is 17.0. The van der Waals surface area contributed by atoms with E-state index in [0.717, 1.165) is 32.4 Å². The predicted molar refractivity (Wildman–Crippen MR) is 93.8 cm³/mol. The van der Waals surface area contributed by atoms with Crippen molar-refractivity contribution in [2.75, 3.05) is 19.7 Å². The van der Waals surface area contributed by atoms with Crippen LogP contribution in [0.25, 0.3) is 0 Å². The third-order valence-corrected chi connectivity index (χ3v) is 5.27. The van der Waals surface area contributed by atoms with Gasteiger partial charge in [0, 0.05) is 30.3 Å². The molecule has 0 N–H and O–H groups in total. The maximum Gasteiger partial charge on any atom is 0.222 e. The molecule has 128 valence electrons. The summed E-state index contributed by atoms with van der Waals surface area (Å²) >= 11 is 1.70. The van der Waals surface area contributed by atoms with Gasteiger partial charge in [0.2, 0.25) is 5.91 Å². The van der Waals surface area contributed by atoms with Crippen LogP contribution in [-0.4, -0.2) is 30.5 Å². The Labute approximate surface area is 146 Å². The zero-order valence-electron chi connectivity index (χ0n) is 13.6. The number of benzene rings is 1. The number of aryl methyl sites for hydroxylation is 1. The highest BCUT2D eigenvalue weighted by atomic mass is 32.1. The van der Waals surface area contributed by atoms with Crippen molar-refractivity contribution in [2.45, 2.75) is 25.7 Å². The summed E-state index contributed by atoms with van der Waals surface area (Å²) in [7, 11) is 0. The summed E-state index contributed by atoms with van der Waals surface area (Å²) in [5.74, 6) is 0.990. The summed E-state index contributed by atoms with van der Waals surface area (Å²) in [6, 6.07) is 10.2. The summed E-state index contributed by atoms with van der Waals surface area (Å²) in [5, 5.41) is 2.05.